The molecule has 0 aliphatic rings. The molecule has 0 bridgehead atoms. The van der Waals surface area contributed by atoms with Crippen molar-refractivity contribution in [3.8, 4) is 0 Å². The molecule has 0 amide bonds. The molecule has 0 radical (unpaired) electrons. The summed E-state index contributed by atoms with van der Waals surface area (Å²) < 4.78 is 4.91. The van der Waals surface area contributed by atoms with Crippen LogP contribution in [0.15, 0.2) is 18.2 Å². The Labute approximate surface area is 105 Å². The summed E-state index contributed by atoms with van der Waals surface area (Å²) in [5.74, 6) is 0. The molecule has 0 atom stereocenters. The smallest absolute Gasteiger partial charge is 0.269 e. The number of methoxy groups -OCH3 is 1. The molecular weight excluding hydrogens is 244 g/mol. The number of ether oxygens (including phenoxy) is 1. The van der Waals surface area contributed by atoms with E-state index in [-0.39, 0.29) is 5.69 Å². The van der Waals surface area contributed by atoms with Gasteiger partial charge >= 0.3 is 0 Å². The zero-order chi connectivity index (χ0) is 12.7. The van der Waals surface area contributed by atoms with E-state index >= 15 is 0 Å². The van der Waals surface area contributed by atoms with Crippen LogP contribution in [0.4, 0.5) is 5.69 Å². The van der Waals surface area contributed by atoms with Crippen molar-refractivity contribution in [1.29, 1.82) is 0 Å². The van der Waals surface area contributed by atoms with Gasteiger partial charge in [0.1, 0.15) is 0 Å². The van der Waals surface area contributed by atoms with Crippen molar-refractivity contribution in [2.75, 3.05) is 20.3 Å². The van der Waals surface area contributed by atoms with E-state index < -0.39 is 4.92 Å². The zero-order valence-corrected chi connectivity index (χ0v) is 10.4. The highest BCUT2D eigenvalue weighted by Crippen LogP contribution is 2.21. The third kappa shape index (κ3) is 4.68. The molecule has 0 spiro atoms. The Kier molecular flexibility index (Phi) is 5.90. The first-order valence-corrected chi connectivity index (χ1v) is 5.65. The van der Waals surface area contributed by atoms with Crippen LogP contribution < -0.4 is 5.32 Å². The van der Waals surface area contributed by atoms with Crippen LogP contribution in [0.2, 0.25) is 5.02 Å². The van der Waals surface area contributed by atoms with Gasteiger partial charge in [-0.3, -0.25) is 10.1 Å². The summed E-state index contributed by atoms with van der Waals surface area (Å²) in [5.41, 5.74) is 0.793. The molecule has 0 saturated heterocycles. The lowest BCUT2D eigenvalue weighted by Crippen LogP contribution is -2.16. The molecule has 1 N–H and O–H groups in total. The summed E-state index contributed by atoms with van der Waals surface area (Å²) in [6.07, 6.45) is 0.892. The number of rotatable bonds is 7. The molecule has 0 saturated carbocycles. The first-order chi connectivity index (χ1) is 8.15. The normalized spacial score (nSPS) is 10.5. The van der Waals surface area contributed by atoms with Crippen LogP contribution >= 0.6 is 11.6 Å². The first-order valence-electron chi connectivity index (χ1n) is 5.27. The molecule has 0 heterocycles. The van der Waals surface area contributed by atoms with Crippen molar-refractivity contribution < 1.29 is 9.66 Å². The van der Waals surface area contributed by atoms with Crippen LogP contribution in [-0.4, -0.2) is 25.2 Å². The van der Waals surface area contributed by atoms with Gasteiger partial charge in [-0.25, -0.2) is 0 Å². The lowest BCUT2D eigenvalue weighted by molar-refractivity contribution is -0.384. The van der Waals surface area contributed by atoms with Gasteiger partial charge in [0.25, 0.3) is 5.69 Å². The van der Waals surface area contributed by atoms with E-state index in [0.29, 0.717) is 18.2 Å². The number of hydrogen-bond acceptors (Lipinski definition) is 4. The minimum absolute atomic E-state index is 0.0584. The van der Waals surface area contributed by atoms with Gasteiger partial charge in [0.15, 0.2) is 0 Å². The van der Waals surface area contributed by atoms with E-state index in [1.165, 1.54) is 12.1 Å². The van der Waals surface area contributed by atoms with Crippen molar-refractivity contribution in [1.82, 2.24) is 5.32 Å². The number of nitrogens with zero attached hydrogens (tertiary/aromatic N) is 1. The fourth-order valence-corrected chi connectivity index (χ4v) is 1.56. The molecule has 17 heavy (non-hydrogen) atoms. The molecule has 94 valence electrons. The van der Waals surface area contributed by atoms with Crippen LogP contribution in [-0.2, 0) is 11.3 Å². The highest BCUT2D eigenvalue weighted by molar-refractivity contribution is 6.31. The van der Waals surface area contributed by atoms with Gasteiger partial charge < -0.3 is 10.1 Å². The van der Waals surface area contributed by atoms with E-state index in [4.69, 9.17) is 16.3 Å². The van der Waals surface area contributed by atoms with Gasteiger partial charge in [-0.15, -0.1) is 0 Å². The molecule has 0 aliphatic heterocycles. The summed E-state index contributed by atoms with van der Waals surface area (Å²) in [5, 5.41) is 14.3. The Balaban J connectivity index is 2.51. The van der Waals surface area contributed by atoms with Crippen molar-refractivity contribution in [2.24, 2.45) is 0 Å². The largest absolute Gasteiger partial charge is 0.385 e. The molecule has 1 aromatic carbocycles. The second-order valence-electron chi connectivity index (χ2n) is 3.56. The number of halogens is 1. The molecular formula is C11H15ClN2O3. The van der Waals surface area contributed by atoms with Gasteiger partial charge in [-0.05, 0) is 24.6 Å². The van der Waals surface area contributed by atoms with Crippen LogP contribution in [0.3, 0.4) is 0 Å². The second kappa shape index (κ2) is 7.21. The molecule has 0 fully saturated rings. The highest BCUT2D eigenvalue weighted by atomic mass is 35.5. The highest BCUT2D eigenvalue weighted by Gasteiger charge is 2.08. The number of hydrogen-bond donors (Lipinski definition) is 1. The van der Waals surface area contributed by atoms with Gasteiger partial charge in [0.05, 0.1) is 4.92 Å². The summed E-state index contributed by atoms with van der Waals surface area (Å²) in [6.45, 7) is 1.99. The molecule has 0 unspecified atom stereocenters. The summed E-state index contributed by atoms with van der Waals surface area (Å²) in [6, 6.07) is 4.44. The minimum atomic E-state index is -0.426. The van der Waals surface area contributed by atoms with Gasteiger partial charge in [0.2, 0.25) is 0 Å². The van der Waals surface area contributed by atoms with Crippen LogP contribution in [0, 0.1) is 10.1 Å². The fraction of sp³-hybridized carbons (Fsp3) is 0.455. The molecule has 5 nitrogen and oxygen atoms in total. The van der Waals surface area contributed by atoms with Crippen molar-refractivity contribution >= 4 is 17.3 Å². The van der Waals surface area contributed by atoms with E-state index in [9.17, 15) is 10.1 Å². The Bertz CT molecular complexity index is 385. The summed E-state index contributed by atoms with van der Waals surface area (Å²) in [7, 11) is 1.65. The van der Waals surface area contributed by atoms with Crippen LogP contribution in [0.5, 0.6) is 0 Å². The summed E-state index contributed by atoms with van der Waals surface area (Å²) >= 11 is 5.95. The Morgan fingerprint density at radius 2 is 2.29 bits per heavy atom. The lowest BCUT2D eigenvalue weighted by Gasteiger charge is -2.06. The number of nitrogens with one attached hydrogen (secondary N) is 1. The van der Waals surface area contributed by atoms with E-state index in [1.54, 1.807) is 13.2 Å². The maximum atomic E-state index is 10.6. The predicted octanol–water partition coefficient (Wildman–Crippen LogP) is 2.37. The van der Waals surface area contributed by atoms with Gasteiger partial charge in [-0.2, -0.15) is 0 Å². The number of non-ortho nitro benzene ring substituents is 1. The minimum Gasteiger partial charge on any atom is -0.385 e. The standard InChI is InChI=1S/C11H15ClN2O3/c1-17-6-2-5-13-8-9-7-10(14(15)16)3-4-11(9)12/h3-4,7,13H,2,5-6,8H2,1H3. The van der Waals surface area contributed by atoms with Crippen molar-refractivity contribution in [2.45, 2.75) is 13.0 Å². The van der Waals surface area contributed by atoms with Crippen LogP contribution in [0.1, 0.15) is 12.0 Å². The average molecular weight is 259 g/mol. The molecule has 1 rings (SSSR count). The Morgan fingerprint density at radius 3 is 2.94 bits per heavy atom. The molecule has 6 heteroatoms. The Hall–Kier alpha value is -1.17. The van der Waals surface area contributed by atoms with E-state index in [2.05, 4.69) is 5.32 Å². The number of nitro benzene ring substituents is 1. The summed E-state index contributed by atoms with van der Waals surface area (Å²) in [4.78, 5) is 10.2. The first kappa shape index (κ1) is 13.9. The zero-order valence-electron chi connectivity index (χ0n) is 9.61. The third-order valence-electron chi connectivity index (χ3n) is 2.26. The lowest BCUT2D eigenvalue weighted by atomic mass is 10.2. The van der Waals surface area contributed by atoms with Gasteiger partial charge in [-0.1, -0.05) is 11.6 Å². The van der Waals surface area contributed by atoms with Crippen LogP contribution in [0.25, 0.3) is 0 Å². The molecule has 0 aromatic heterocycles. The molecule has 1 aromatic rings. The maximum Gasteiger partial charge on any atom is 0.269 e. The number of nitro groups is 1. The molecule has 0 aliphatic carbocycles. The quantitative estimate of drug-likeness (QED) is 0.463. The second-order valence-corrected chi connectivity index (χ2v) is 3.96. The van der Waals surface area contributed by atoms with Crippen molar-refractivity contribution in [3.05, 3.63) is 38.9 Å². The topological polar surface area (TPSA) is 64.4 Å². The maximum absolute atomic E-state index is 10.6. The number of benzene rings is 1. The van der Waals surface area contributed by atoms with E-state index in [0.717, 1.165) is 18.5 Å². The SMILES string of the molecule is COCCCNCc1cc([N+](=O)[O-])ccc1Cl. The monoisotopic (exact) mass is 258 g/mol. The fourth-order valence-electron chi connectivity index (χ4n) is 1.37. The average Bonchev–Trinajstić information content (AvgIpc) is 2.30. The Morgan fingerprint density at radius 1 is 1.53 bits per heavy atom. The van der Waals surface area contributed by atoms with Gasteiger partial charge in [0, 0.05) is 37.4 Å². The van der Waals surface area contributed by atoms with E-state index in [1.807, 2.05) is 0 Å². The third-order valence-corrected chi connectivity index (χ3v) is 2.63. The van der Waals surface area contributed by atoms with Crippen molar-refractivity contribution in [3.63, 3.8) is 0 Å². The predicted molar refractivity (Wildman–Crippen MR) is 66.3 cm³/mol.